The third kappa shape index (κ3) is 2.95. The van der Waals surface area contributed by atoms with E-state index in [0.29, 0.717) is 23.4 Å². The zero-order chi connectivity index (χ0) is 18.6. The van der Waals surface area contributed by atoms with Gasteiger partial charge in [-0.25, -0.2) is 0 Å². The summed E-state index contributed by atoms with van der Waals surface area (Å²) in [5, 5.41) is 13.7. The number of nitrogens with zero attached hydrogens (tertiary/aromatic N) is 2. The molecule has 3 aliphatic rings. The molecule has 1 aromatic rings. The second-order valence-electron chi connectivity index (χ2n) is 9.17. The molecule has 2 saturated carbocycles. The number of aryl methyl sites for hydroxylation is 1. The highest BCUT2D eigenvalue weighted by Crippen LogP contribution is 2.52. The van der Waals surface area contributed by atoms with Crippen molar-refractivity contribution in [2.45, 2.75) is 70.6 Å². The van der Waals surface area contributed by atoms with Gasteiger partial charge in [0.05, 0.1) is 23.4 Å². The first-order valence-electron chi connectivity index (χ1n) is 9.97. The highest BCUT2D eigenvalue weighted by molar-refractivity contribution is 5.95. The minimum absolute atomic E-state index is 0.104. The number of hydrogen-bond acceptors (Lipinski definition) is 4. The lowest BCUT2D eigenvalue weighted by Crippen LogP contribution is -2.64. The van der Waals surface area contributed by atoms with Crippen LogP contribution in [0.25, 0.3) is 0 Å². The highest BCUT2D eigenvalue weighted by Gasteiger charge is 2.58. The fraction of sp³-hybridized carbons (Fsp3) is 0.714. The van der Waals surface area contributed by atoms with Gasteiger partial charge in [0.25, 0.3) is 5.91 Å². The zero-order valence-electron chi connectivity index (χ0n) is 16.3. The van der Waals surface area contributed by atoms with Crippen molar-refractivity contribution in [2.75, 3.05) is 13.6 Å². The second kappa shape index (κ2) is 6.31. The molecule has 2 N–H and O–H groups in total. The smallest absolute Gasteiger partial charge is 0.253 e. The van der Waals surface area contributed by atoms with Crippen molar-refractivity contribution < 1.29 is 9.90 Å². The Labute approximate surface area is 156 Å². The second-order valence-corrected chi connectivity index (χ2v) is 9.17. The molecule has 1 aliphatic heterocycles. The van der Waals surface area contributed by atoms with Gasteiger partial charge >= 0.3 is 0 Å². The van der Waals surface area contributed by atoms with Crippen LogP contribution in [0.2, 0.25) is 0 Å². The van der Waals surface area contributed by atoms with Gasteiger partial charge in [0, 0.05) is 29.6 Å². The predicted molar refractivity (Wildman–Crippen MR) is 101 cm³/mol. The quantitative estimate of drug-likeness (QED) is 0.869. The molecule has 0 radical (unpaired) electrons. The monoisotopic (exact) mass is 357 g/mol. The molecule has 3 fully saturated rings. The summed E-state index contributed by atoms with van der Waals surface area (Å²) in [5.74, 6) is 1.04. The van der Waals surface area contributed by atoms with Gasteiger partial charge < -0.3 is 15.3 Å². The molecule has 142 valence electrons. The first-order valence-corrected chi connectivity index (χ1v) is 9.97. The van der Waals surface area contributed by atoms with Crippen molar-refractivity contribution in [3.05, 3.63) is 29.1 Å². The fourth-order valence-corrected chi connectivity index (χ4v) is 5.67. The van der Waals surface area contributed by atoms with Crippen LogP contribution in [0.5, 0.6) is 0 Å². The Morgan fingerprint density at radius 3 is 2.65 bits per heavy atom. The number of hydrogen-bond donors (Lipinski definition) is 2. The molecule has 1 spiro atoms. The lowest BCUT2D eigenvalue weighted by molar-refractivity contribution is -0.0827. The number of carbonyl (C=O) groups is 1. The number of likely N-dealkylation sites (tertiary alicyclic amines) is 1. The van der Waals surface area contributed by atoms with Gasteiger partial charge in [-0.3, -0.25) is 9.78 Å². The molecule has 26 heavy (non-hydrogen) atoms. The summed E-state index contributed by atoms with van der Waals surface area (Å²) >= 11 is 0. The number of amides is 1. The van der Waals surface area contributed by atoms with E-state index in [1.54, 1.807) is 0 Å². The van der Waals surface area contributed by atoms with Crippen LogP contribution < -0.4 is 5.32 Å². The molecule has 5 heteroatoms. The molecule has 4 atom stereocenters. The first kappa shape index (κ1) is 17.9. The predicted octanol–water partition coefficient (Wildman–Crippen LogP) is 2.48. The van der Waals surface area contributed by atoms with E-state index in [2.05, 4.69) is 36.1 Å². The van der Waals surface area contributed by atoms with E-state index in [1.165, 1.54) is 12.8 Å². The molecule has 5 nitrogen and oxygen atoms in total. The van der Waals surface area contributed by atoms with Crippen LogP contribution >= 0.6 is 0 Å². The molecule has 2 unspecified atom stereocenters. The number of aliphatic hydroxyl groups is 1. The van der Waals surface area contributed by atoms with E-state index in [-0.39, 0.29) is 17.4 Å². The molecular weight excluding hydrogens is 326 g/mol. The van der Waals surface area contributed by atoms with Gasteiger partial charge in [-0.2, -0.15) is 0 Å². The number of rotatable bonds is 4. The third-order valence-electron chi connectivity index (χ3n) is 6.67. The normalized spacial score (nSPS) is 34.3. The summed E-state index contributed by atoms with van der Waals surface area (Å²) in [6, 6.07) is 4.21. The number of carbonyl (C=O) groups excluding carboxylic acids is 1. The number of pyridine rings is 1. The number of aromatic nitrogens is 1. The lowest BCUT2D eigenvalue weighted by atomic mass is 9.66. The topological polar surface area (TPSA) is 65.5 Å². The molecule has 0 aromatic carbocycles. The summed E-state index contributed by atoms with van der Waals surface area (Å²) in [5.41, 5.74) is 2.67. The summed E-state index contributed by atoms with van der Waals surface area (Å²) in [6.07, 6.45) is 3.59. The average Bonchev–Trinajstić information content (AvgIpc) is 3.32. The van der Waals surface area contributed by atoms with Gasteiger partial charge in [-0.15, -0.1) is 0 Å². The Hall–Kier alpha value is -1.46. The maximum absolute atomic E-state index is 12.8. The largest absolute Gasteiger partial charge is 0.391 e. The van der Waals surface area contributed by atoms with Crippen molar-refractivity contribution in [1.82, 2.24) is 15.2 Å². The molecule has 1 amide bonds. The van der Waals surface area contributed by atoms with E-state index >= 15 is 0 Å². The summed E-state index contributed by atoms with van der Waals surface area (Å²) in [6.45, 7) is 7.41. The molecule has 2 aliphatic carbocycles. The molecule has 2 heterocycles. The Kier molecular flexibility index (Phi) is 4.35. The molecule has 1 saturated heterocycles. The van der Waals surface area contributed by atoms with Crippen LogP contribution in [0.3, 0.4) is 0 Å². The van der Waals surface area contributed by atoms with Crippen molar-refractivity contribution in [2.24, 2.45) is 11.3 Å². The Morgan fingerprint density at radius 1 is 1.35 bits per heavy atom. The maximum Gasteiger partial charge on any atom is 0.253 e. The molecule has 0 bridgehead atoms. The SMILES string of the molecule is Cc1nc(C2CC2)ccc1C(=O)N[C@@H]1CC2(C[C@H]1O)CN(C)C2C(C)C. The molecule has 4 rings (SSSR count). The van der Waals surface area contributed by atoms with Crippen LogP contribution in [0, 0.1) is 18.3 Å². The molecule has 1 aromatic heterocycles. The zero-order valence-corrected chi connectivity index (χ0v) is 16.3. The summed E-state index contributed by atoms with van der Waals surface area (Å²) in [7, 11) is 2.16. The first-order chi connectivity index (χ1) is 12.3. The van der Waals surface area contributed by atoms with Crippen LogP contribution in [0.4, 0.5) is 0 Å². The van der Waals surface area contributed by atoms with Crippen LogP contribution in [-0.4, -0.2) is 52.7 Å². The standard InChI is InChI=1S/C21H31N3O2/c1-12(2)19-21(11-24(19)4)9-17(18(25)10-21)23-20(26)15-7-8-16(14-5-6-14)22-13(15)3/h7-8,12,14,17-19,25H,5-6,9-11H2,1-4H3,(H,23,26)/t17-,18-,19?,21?/m1/s1. The van der Waals surface area contributed by atoms with E-state index in [0.717, 1.165) is 30.8 Å². The van der Waals surface area contributed by atoms with Crippen LogP contribution in [-0.2, 0) is 0 Å². The van der Waals surface area contributed by atoms with Gasteiger partial charge in [-0.05, 0) is 57.7 Å². The van der Waals surface area contributed by atoms with Gasteiger partial charge in [0.2, 0.25) is 0 Å². The van der Waals surface area contributed by atoms with Crippen LogP contribution in [0.1, 0.15) is 67.2 Å². The maximum atomic E-state index is 12.8. The van der Waals surface area contributed by atoms with Gasteiger partial charge in [0.1, 0.15) is 0 Å². The Bertz CT molecular complexity index is 710. The highest BCUT2D eigenvalue weighted by atomic mass is 16.3. The minimum atomic E-state index is -0.465. The lowest BCUT2D eigenvalue weighted by Gasteiger charge is -2.57. The van der Waals surface area contributed by atoms with E-state index in [9.17, 15) is 9.90 Å². The van der Waals surface area contributed by atoms with Crippen molar-refractivity contribution in [3.63, 3.8) is 0 Å². The molecular formula is C21H31N3O2. The fourth-order valence-electron chi connectivity index (χ4n) is 5.67. The van der Waals surface area contributed by atoms with Crippen molar-refractivity contribution in [1.29, 1.82) is 0 Å². The van der Waals surface area contributed by atoms with Crippen LogP contribution in [0.15, 0.2) is 12.1 Å². The van der Waals surface area contributed by atoms with E-state index < -0.39 is 6.10 Å². The summed E-state index contributed by atoms with van der Waals surface area (Å²) in [4.78, 5) is 19.8. The van der Waals surface area contributed by atoms with Crippen molar-refractivity contribution in [3.8, 4) is 0 Å². The third-order valence-corrected chi connectivity index (χ3v) is 6.67. The Morgan fingerprint density at radius 2 is 2.08 bits per heavy atom. The van der Waals surface area contributed by atoms with Gasteiger partial charge in [-0.1, -0.05) is 13.8 Å². The van der Waals surface area contributed by atoms with Gasteiger partial charge in [0.15, 0.2) is 0 Å². The Balaban J connectivity index is 1.45. The number of aliphatic hydroxyl groups excluding tert-OH is 1. The van der Waals surface area contributed by atoms with E-state index in [1.807, 2.05) is 19.1 Å². The average molecular weight is 357 g/mol. The summed E-state index contributed by atoms with van der Waals surface area (Å²) < 4.78 is 0. The number of nitrogens with one attached hydrogen (secondary N) is 1. The van der Waals surface area contributed by atoms with E-state index in [4.69, 9.17) is 0 Å². The minimum Gasteiger partial charge on any atom is -0.391 e. The van der Waals surface area contributed by atoms with Crippen molar-refractivity contribution >= 4 is 5.91 Å².